The Bertz CT molecular complexity index is 1730. The summed E-state index contributed by atoms with van der Waals surface area (Å²) in [4.78, 5) is 29.4. The van der Waals surface area contributed by atoms with Crippen LogP contribution in [0.2, 0.25) is 10.0 Å². The standard InChI is InChI=1S/C34H35Cl2N3O5S/c1-4-37-34(41)31(20-25-9-6-5-7-10-25)38(22-26-11-8-12-27(35)19-26)33(40)23-39(28-15-18-32(44-3)30(36)21-28)45(42,43)29-16-13-24(2)14-17-29/h5-19,21,31H,4,20,22-23H2,1-3H3,(H,37,41)/t31-/m1/s1. The van der Waals surface area contributed by atoms with Crippen LogP contribution in [0.4, 0.5) is 5.69 Å². The fourth-order valence-electron chi connectivity index (χ4n) is 4.85. The minimum atomic E-state index is -4.27. The minimum Gasteiger partial charge on any atom is -0.495 e. The fourth-order valence-corrected chi connectivity index (χ4v) is 6.73. The Morgan fingerprint density at radius 1 is 0.889 bits per heavy atom. The molecule has 0 heterocycles. The summed E-state index contributed by atoms with van der Waals surface area (Å²) in [7, 11) is -2.81. The van der Waals surface area contributed by atoms with Crippen molar-refractivity contribution < 1.29 is 22.7 Å². The summed E-state index contributed by atoms with van der Waals surface area (Å²) < 4.78 is 34.6. The number of likely N-dealkylation sites (N-methyl/N-ethyl adjacent to an activating group) is 1. The van der Waals surface area contributed by atoms with Crippen LogP contribution < -0.4 is 14.4 Å². The van der Waals surface area contributed by atoms with Crippen molar-refractivity contribution in [3.63, 3.8) is 0 Å². The van der Waals surface area contributed by atoms with Crippen LogP contribution in [0, 0.1) is 6.92 Å². The van der Waals surface area contributed by atoms with Gasteiger partial charge in [0.25, 0.3) is 10.0 Å². The number of halogens is 2. The maximum absolute atomic E-state index is 14.4. The van der Waals surface area contributed by atoms with Gasteiger partial charge in [0.05, 0.1) is 22.7 Å². The highest BCUT2D eigenvalue weighted by molar-refractivity contribution is 7.92. The van der Waals surface area contributed by atoms with Gasteiger partial charge >= 0.3 is 0 Å². The van der Waals surface area contributed by atoms with Gasteiger partial charge < -0.3 is 15.0 Å². The largest absolute Gasteiger partial charge is 0.495 e. The molecule has 8 nitrogen and oxygen atoms in total. The molecule has 0 aromatic heterocycles. The molecule has 0 saturated carbocycles. The molecule has 4 aromatic rings. The van der Waals surface area contributed by atoms with E-state index in [4.69, 9.17) is 27.9 Å². The molecular formula is C34H35Cl2N3O5S. The first kappa shape index (κ1) is 33.8. The number of nitrogens with one attached hydrogen (secondary N) is 1. The number of ether oxygens (including phenoxy) is 1. The van der Waals surface area contributed by atoms with Gasteiger partial charge in [-0.2, -0.15) is 0 Å². The zero-order valence-electron chi connectivity index (χ0n) is 25.2. The molecule has 4 aromatic carbocycles. The molecule has 0 bridgehead atoms. The number of aryl methyl sites for hydroxylation is 1. The lowest BCUT2D eigenvalue weighted by Crippen LogP contribution is -2.53. The molecule has 0 spiro atoms. The summed E-state index contributed by atoms with van der Waals surface area (Å²) in [5, 5.41) is 3.48. The molecule has 0 aliphatic heterocycles. The molecule has 0 radical (unpaired) electrons. The van der Waals surface area contributed by atoms with Gasteiger partial charge in [0.15, 0.2) is 0 Å². The molecule has 4 rings (SSSR count). The second-order valence-electron chi connectivity index (χ2n) is 10.4. The van der Waals surface area contributed by atoms with Crippen molar-refractivity contribution in [1.82, 2.24) is 10.2 Å². The van der Waals surface area contributed by atoms with Crippen LogP contribution in [-0.2, 0) is 32.6 Å². The summed E-state index contributed by atoms with van der Waals surface area (Å²) in [5.41, 5.74) is 2.56. The highest BCUT2D eigenvalue weighted by Crippen LogP contribution is 2.32. The van der Waals surface area contributed by atoms with Crippen molar-refractivity contribution in [2.75, 3.05) is 24.5 Å². The van der Waals surface area contributed by atoms with Crippen molar-refractivity contribution in [1.29, 1.82) is 0 Å². The van der Waals surface area contributed by atoms with Gasteiger partial charge in [0.1, 0.15) is 18.3 Å². The number of benzene rings is 4. The number of hydrogen-bond donors (Lipinski definition) is 1. The number of carbonyl (C=O) groups excluding carboxylic acids is 2. The average Bonchev–Trinajstić information content (AvgIpc) is 3.02. The molecule has 0 aliphatic rings. The van der Waals surface area contributed by atoms with E-state index in [-0.39, 0.29) is 34.5 Å². The third kappa shape index (κ3) is 8.57. The van der Waals surface area contributed by atoms with Gasteiger partial charge in [-0.3, -0.25) is 13.9 Å². The highest BCUT2D eigenvalue weighted by atomic mass is 35.5. The summed E-state index contributed by atoms with van der Waals surface area (Å²) in [5.74, 6) is -0.608. The lowest BCUT2D eigenvalue weighted by molar-refractivity contribution is -0.140. The van der Waals surface area contributed by atoms with Crippen LogP contribution in [0.5, 0.6) is 5.75 Å². The molecule has 236 valence electrons. The Morgan fingerprint density at radius 3 is 2.20 bits per heavy atom. The summed E-state index contributed by atoms with van der Waals surface area (Å²) in [6, 6.07) is 26.2. The Balaban J connectivity index is 1.82. The maximum Gasteiger partial charge on any atom is 0.264 e. The van der Waals surface area contributed by atoms with Gasteiger partial charge in [-0.15, -0.1) is 0 Å². The third-order valence-electron chi connectivity index (χ3n) is 7.18. The van der Waals surface area contributed by atoms with E-state index in [1.54, 1.807) is 43.3 Å². The Labute approximate surface area is 274 Å². The van der Waals surface area contributed by atoms with Gasteiger partial charge in [-0.1, -0.05) is 83.4 Å². The van der Waals surface area contributed by atoms with Crippen LogP contribution >= 0.6 is 23.2 Å². The molecule has 0 aliphatic carbocycles. The van der Waals surface area contributed by atoms with Crippen molar-refractivity contribution >= 4 is 50.7 Å². The first-order chi connectivity index (χ1) is 21.5. The highest BCUT2D eigenvalue weighted by Gasteiger charge is 2.34. The first-order valence-electron chi connectivity index (χ1n) is 14.3. The Morgan fingerprint density at radius 2 is 1.58 bits per heavy atom. The predicted molar refractivity (Wildman–Crippen MR) is 178 cm³/mol. The number of methoxy groups -OCH3 is 1. The lowest BCUT2D eigenvalue weighted by atomic mass is 10.0. The van der Waals surface area contributed by atoms with Crippen molar-refractivity contribution in [3.8, 4) is 5.75 Å². The summed E-state index contributed by atoms with van der Waals surface area (Å²) in [6.45, 7) is 3.40. The number of anilines is 1. The fraction of sp³-hybridized carbons (Fsp3) is 0.235. The SMILES string of the molecule is CCNC(=O)[C@@H](Cc1ccccc1)N(Cc1cccc(Cl)c1)C(=O)CN(c1ccc(OC)c(Cl)c1)S(=O)(=O)c1ccc(C)cc1. The van der Waals surface area contributed by atoms with Gasteiger partial charge in [-0.25, -0.2) is 8.42 Å². The molecule has 11 heteroatoms. The van der Waals surface area contributed by atoms with E-state index in [0.29, 0.717) is 22.9 Å². The predicted octanol–water partition coefficient (Wildman–Crippen LogP) is 6.28. The van der Waals surface area contributed by atoms with Crippen LogP contribution in [0.3, 0.4) is 0 Å². The summed E-state index contributed by atoms with van der Waals surface area (Å²) in [6.07, 6.45) is 0.206. The van der Waals surface area contributed by atoms with Gasteiger partial charge in [-0.05, 0) is 67.4 Å². The first-order valence-corrected chi connectivity index (χ1v) is 16.5. The van der Waals surface area contributed by atoms with Crippen LogP contribution in [0.15, 0.2) is 102 Å². The number of nitrogens with zero attached hydrogens (tertiary/aromatic N) is 2. The normalized spacial score (nSPS) is 11.8. The number of amides is 2. The third-order valence-corrected chi connectivity index (χ3v) is 9.49. The van der Waals surface area contributed by atoms with Crippen molar-refractivity contribution in [2.45, 2.75) is 37.8 Å². The number of hydrogen-bond acceptors (Lipinski definition) is 5. The van der Waals surface area contributed by atoms with E-state index < -0.39 is 28.5 Å². The molecule has 0 unspecified atom stereocenters. The zero-order valence-corrected chi connectivity index (χ0v) is 27.6. The number of rotatable bonds is 13. The minimum absolute atomic E-state index is 0.00112. The van der Waals surface area contributed by atoms with E-state index in [9.17, 15) is 18.0 Å². The van der Waals surface area contributed by atoms with Gasteiger partial charge in [0, 0.05) is 24.5 Å². The monoisotopic (exact) mass is 667 g/mol. The number of carbonyl (C=O) groups is 2. The molecule has 45 heavy (non-hydrogen) atoms. The molecule has 2 amide bonds. The van der Waals surface area contributed by atoms with E-state index in [1.807, 2.05) is 37.3 Å². The smallest absolute Gasteiger partial charge is 0.264 e. The van der Waals surface area contributed by atoms with Crippen LogP contribution in [0.25, 0.3) is 0 Å². The molecule has 1 N–H and O–H groups in total. The van der Waals surface area contributed by atoms with Crippen molar-refractivity contribution in [3.05, 3.63) is 124 Å². The molecular weight excluding hydrogens is 633 g/mol. The quantitative estimate of drug-likeness (QED) is 0.181. The second-order valence-corrected chi connectivity index (χ2v) is 13.1. The Hall–Kier alpha value is -4.05. The topological polar surface area (TPSA) is 96.0 Å². The Kier molecular flexibility index (Phi) is 11.5. The van der Waals surface area contributed by atoms with Crippen LogP contribution in [-0.4, -0.2) is 51.4 Å². The maximum atomic E-state index is 14.4. The molecule has 1 atom stereocenters. The average molecular weight is 669 g/mol. The van der Waals surface area contributed by atoms with Gasteiger partial charge in [0.2, 0.25) is 11.8 Å². The van der Waals surface area contributed by atoms with E-state index in [1.165, 1.54) is 42.3 Å². The zero-order chi connectivity index (χ0) is 32.6. The number of sulfonamides is 1. The van der Waals surface area contributed by atoms with E-state index in [0.717, 1.165) is 15.4 Å². The van der Waals surface area contributed by atoms with E-state index >= 15 is 0 Å². The molecule has 0 fully saturated rings. The summed E-state index contributed by atoms with van der Waals surface area (Å²) >= 11 is 12.7. The second kappa shape index (κ2) is 15.3. The van der Waals surface area contributed by atoms with E-state index in [2.05, 4.69) is 5.32 Å². The lowest BCUT2D eigenvalue weighted by Gasteiger charge is -2.34. The van der Waals surface area contributed by atoms with Crippen molar-refractivity contribution in [2.24, 2.45) is 0 Å². The molecule has 0 saturated heterocycles. The van der Waals surface area contributed by atoms with Crippen LogP contribution in [0.1, 0.15) is 23.6 Å².